The molecule has 0 atom stereocenters. The Bertz CT molecular complexity index is 446. The van der Waals surface area contributed by atoms with Gasteiger partial charge in [-0.05, 0) is 12.1 Å². The minimum Gasteiger partial charge on any atom is -0.465 e. The molecule has 0 saturated carbocycles. The highest BCUT2D eigenvalue weighted by Gasteiger charge is 2.61. The van der Waals surface area contributed by atoms with E-state index in [-0.39, 0.29) is 0 Å². The summed E-state index contributed by atoms with van der Waals surface area (Å²) in [5.74, 6) is -0.928. The molecule has 0 spiro atoms. The monoisotopic (exact) mass is 271 g/mol. The van der Waals surface area contributed by atoms with E-state index >= 15 is 0 Å². The fraction of sp³-hybridized carbons (Fsp3) is 0.222. The van der Waals surface area contributed by atoms with Crippen molar-refractivity contribution in [3.05, 3.63) is 24.3 Å². The van der Waals surface area contributed by atoms with Crippen LogP contribution in [0.2, 0.25) is 0 Å². The van der Waals surface area contributed by atoms with Crippen LogP contribution in [0.25, 0.3) is 0 Å². The van der Waals surface area contributed by atoms with Gasteiger partial charge in [0.1, 0.15) is 5.75 Å². The minimum absolute atomic E-state index is 0.520. The first-order chi connectivity index (χ1) is 8.13. The predicted octanol–water partition coefficient (Wildman–Crippen LogP) is 3.31. The van der Waals surface area contributed by atoms with Gasteiger partial charge in [0.25, 0.3) is 0 Å². The lowest BCUT2D eigenvalue weighted by Crippen LogP contribution is -2.42. The van der Waals surface area contributed by atoms with Crippen molar-refractivity contribution in [3.8, 4) is 5.75 Å². The zero-order valence-corrected chi connectivity index (χ0v) is 8.46. The van der Waals surface area contributed by atoms with Crippen molar-refractivity contribution < 1.29 is 36.6 Å². The highest BCUT2D eigenvalue weighted by molar-refractivity contribution is 5.85. The number of para-hydroxylation sites is 2. The molecule has 0 unspecified atom stereocenters. The van der Waals surface area contributed by atoms with Crippen molar-refractivity contribution in [1.29, 1.82) is 0 Å². The zero-order valence-electron chi connectivity index (χ0n) is 8.46. The maximum absolute atomic E-state index is 12.6. The molecule has 0 heterocycles. The Morgan fingerprint density at radius 1 is 1.17 bits per heavy atom. The molecule has 4 nitrogen and oxygen atoms in total. The Kier molecular flexibility index (Phi) is 3.63. The normalized spacial score (nSPS) is 12.1. The maximum atomic E-state index is 12.6. The lowest BCUT2D eigenvalue weighted by atomic mass is 10.3. The van der Waals surface area contributed by atoms with Crippen molar-refractivity contribution >= 4 is 11.8 Å². The standard InChI is InChI=1S/C9H6F5NO3/c10-8(11,12)9(13,14)18-6-4-2-1-3-5(6)15-7(16)17/h1-4,15H,(H,16,17). The van der Waals surface area contributed by atoms with Gasteiger partial charge in [-0.25, -0.2) is 4.79 Å². The number of benzene rings is 1. The van der Waals surface area contributed by atoms with Crippen LogP contribution in [-0.2, 0) is 0 Å². The van der Waals surface area contributed by atoms with Crippen molar-refractivity contribution in [1.82, 2.24) is 0 Å². The van der Waals surface area contributed by atoms with Crippen LogP contribution in [-0.4, -0.2) is 23.5 Å². The second kappa shape index (κ2) is 4.67. The second-order valence-electron chi connectivity index (χ2n) is 3.04. The summed E-state index contributed by atoms with van der Waals surface area (Å²) in [7, 11) is 0. The number of hydrogen-bond donors (Lipinski definition) is 2. The minimum atomic E-state index is -5.90. The van der Waals surface area contributed by atoms with E-state index in [0.29, 0.717) is 0 Å². The Hall–Kier alpha value is -2.06. The number of nitrogens with one attached hydrogen (secondary N) is 1. The number of carbonyl (C=O) groups is 1. The second-order valence-corrected chi connectivity index (χ2v) is 3.04. The third-order valence-corrected chi connectivity index (χ3v) is 1.70. The molecule has 2 N–H and O–H groups in total. The third-order valence-electron chi connectivity index (χ3n) is 1.70. The number of hydrogen-bond acceptors (Lipinski definition) is 2. The van der Waals surface area contributed by atoms with E-state index in [0.717, 1.165) is 18.2 Å². The summed E-state index contributed by atoms with van der Waals surface area (Å²) in [6.45, 7) is 0. The van der Waals surface area contributed by atoms with E-state index in [9.17, 15) is 26.7 Å². The summed E-state index contributed by atoms with van der Waals surface area (Å²) < 4.78 is 64.4. The average Bonchev–Trinajstić information content (AvgIpc) is 2.18. The first-order valence-corrected chi connectivity index (χ1v) is 4.36. The van der Waals surface area contributed by atoms with E-state index in [4.69, 9.17) is 5.11 Å². The van der Waals surface area contributed by atoms with Gasteiger partial charge in [-0.1, -0.05) is 12.1 Å². The molecule has 0 fully saturated rings. The van der Waals surface area contributed by atoms with Crippen LogP contribution in [0.4, 0.5) is 32.4 Å². The van der Waals surface area contributed by atoms with Gasteiger partial charge in [-0.3, -0.25) is 5.32 Å². The molecule has 0 radical (unpaired) electrons. The molecule has 1 rings (SSSR count). The smallest absolute Gasteiger partial charge is 0.465 e. The van der Waals surface area contributed by atoms with Crippen molar-refractivity contribution in [3.63, 3.8) is 0 Å². The zero-order chi connectivity index (χ0) is 14.0. The topological polar surface area (TPSA) is 58.6 Å². The Morgan fingerprint density at radius 2 is 1.72 bits per heavy atom. The van der Waals surface area contributed by atoms with Gasteiger partial charge in [0.2, 0.25) is 0 Å². The quantitative estimate of drug-likeness (QED) is 0.829. The first-order valence-electron chi connectivity index (χ1n) is 4.36. The number of halogens is 5. The molecule has 0 aliphatic carbocycles. The molecule has 1 amide bonds. The van der Waals surface area contributed by atoms with Gasteiger partial charge < -0.3 is 9.84 Å². The molecule has 9 heteroatoms. The molecule has 18 heavy (non-hydrogen) atoms. The molecule has 0 saturated heterocycles. The molecule has 0 aromatic heterocycles. The summed E-state index contributed by atoms with van der Waals surface area (Å²) >= 11 is 0. The summed E-state index contributed by atoms with van der Waals surface area (Å²) in [5, 5.41) is 10.0. The van der Waals surface area contributed by atoms with Gasteiger partial charge >= 0.3 is 18.4 Å². The van der Waals surface area contributed by atoms with Crippen LogP contribution in [0.5, 0.6) is 5.75 Å². The van der Waals surface area contributed by atoms with Crippen molar-refractivity contribution in [2.24, 2.45) is 0 Å². The molecular formula is C9H6F5NO3. The summed E-state index contributed by atoms with van der Waals surface area (Å²) in [6, 6.07) is 4.12. The van der Waals surface area contributed by atoms with Crippen LogP contribution in [0.15, 0.2) is 24.3 Å². The number of ether oxygens (including phenoxy) is 1. The number of amides is 1. The van der Waals surface area contributed by atoms with Crippen molar-refractivity contribution in [2.75, 3.05) is 5.32 Å². The Labute approximate surface area is 97.0 Å². The van der Waals surface area contributed by atoms with Crippen LogP contribution in [0, 0.1) is 0 Å². The van der Waals surface area contributed by atoms with Crippen LogP contribution in [0.3, 0.4) is 0 Å². The highest BCUT2D eigenvalue weighted by atomic mass is 19.4. The van der Waals surface area contributed by atoms with Crippen LogP contribution in [0.1, 0.15) is 0 Å². The molecule has 0 aliphatic heterocycles. The number of rotatable bonds is 3. The van der Waals surface area contributed by atoms with E-state index in [1.54, 1.807) is 5.32 Å². The maximum Gasteiger partial charge on any atom is 0.499 e. The van der Waals surface area contributed by atoms with Gasteiger partial charge in [0, 0.05) is 0 Å². The number of carboxylic acid groups (broad SMARTS) is 1. The van der Waals surface area contributed by atoms with Crippen LogP contribution < -0.4 is 10.1 Å². The fourth-order valence-corrected chi connectivity index (χ4v) is 0.970. The number of anilines is 1. The van der Waals surface area contributed by atoms with E-state index in [2.05, 4.69) is 4.74 Å². The van der Waals surface area contributed by atoms with Gasteiger partial charge in [-0.2, -0.15) is 22.0 Å². The molecule has 1 aromatic rings. The lowest BCUT2D eigenvalue weighted by molar-refractivity contribution is -0.360. The molecule has 100 valence electrons. The SMILES string of the molecule is O=C(O)Nc1ccccc1OC(F)(F)C(F)(F)F. The Morgan fingerprint density at radius 3 is 2.22 bits per heavy atom. The Balaban J connectivity index is 3.01. The van der Waals surface area contributed by atoms with Gasteiger partial charge in [-0.15, -0.1) is 0 Å². The lowest BCUT2D eigenvalue weighted by Gasteiger charge is -2.21. The van der Waals surface area contributed by atoms with Gasteiger partial charge in [0.05, 0.1) is 5.69 Å². The molecule has 0 aliphatic rings. The first kappa shape index (κ1) is 14.0. The van der Waals surface area contributed by atoms with Crippen molar-refractivity contribution in [2.45, 2.75) is 12.3 Å². The average molecular weight is 271 g/mol. The summed E-state index contributed by atoms with van der Waals surface area (Å²) in [6.07, 6.45) is -12.9. The highest BCUT2D eigenvalue weighted by Crippen LogP contribution is 2.39. The summed E-state index contributed by atoms with van der Waals surface area (Å²) in [4.78, 5) is 10.3. The largest absolute Gasteiger partial charge is 0.499 e. The molecule has 0 bridgehead atoms. The van der Waals surface area contributed by atoms with E-state index in [1.165, 1.54) is 6.07 Å². The molecular weight excluding hydrogens is 265 g/mol. The predicted molar refractivity (Wildman–Crippen MR) is 49.7 cm³/mol. The van der Waals surface area contributed by atoms with E-state index in [1.807, 2.05) is 0 Å². The van der Waals surface area contributed by atoms with E-state index < -0.39 is 29.8 Å². The molecule has 1 aromatic carbocycles. The van der Waals surface area contributed by atoms with Crippen LogP contribution >= 0.6 is 0 Å². The summed E-state index contributed by atoms with van der Waals surface area (Å²) in [5.41, 5.74) is -0.520. The number of alkyl halides is 5. The van der Waals surface area contributed by atoms with Gasteiger partial charge in [0.15, 0.2) is 0 Å². The fourth-order valence-electron chi connectivity index (χ4n) is 0.970. The third kappa shape index (κ3) is 3.22.